The highest BCUT2D eigenvalue weighted by Crippen LogP contribution is 2.27. The van der Waals surface area contributed by atoms with Gasteiger partial charge in [-0.1, -0.05) is 18.5 Å². The Kier molecular flexibility index (Phi) is 2.63. The normalized spacial score (nSPS) is 13.3. The van der Waals surface area contributed by atoms with Gasteiger partial charge in [0.1, 0.15) is 11.3 Å². The number of nitrogens with two attached hydrogens (primary N) is 1. The first-order chi connectivity index (χ1) is 7.11. The zero-order chi connectivity index (χ0) is 11.0. The third kappa shape index (κ3) is 1.82. The van der Waals surface area contributed by atoms with Gasteiger partial charge < -0.3 is 10.2 Å². The Morgan fingerprint density at radius 1 is 1.60 bits per heavy atom. The van der Waals surface area contributed by atoms with Crippen LogP contribution in [0.5, 0.6) is 0 Å². The summed E-state index contributed by atoms with van der Waals surface area (Å²) in [6.45, 7) is 1.92. The molecule has 0 saturated carbocycles. The molecule has 1 heterocycles. The second kappa shape index (κ2) is 3.79. The van der Waals surface area contributed by atoms with Crippen molar-refractivity contribution in [3.8, 4) is 0 Å². The van der Waals surface area contributed by atoms with Crippen LogP contribution >= 0.6 is 11.6 Å². The molecule has 80 valence electrons. The number of hydrogen-bond donors (Lipinski definition) is 1. The van der Waals surface area contributed by atoms with E-state index in [0.717, 1.165) is 0 Å². The largest absolute Gasteiger partial charge is 0.437 e. The van der Waals surface area contributed by atoms with Gasteiger partial charge in [-0.2, -0.15) is 0 Å². The molecule has 0 amide bonds. The Morgan fingerprint density at radius 2 is 2.33 bits per heavy atom. The van der Waals surface area contributed by atoms with Crippen LogP contribution in [0.2, 0.25) is 5.02 Å². The van der Waals surface area contributed by atoms with Crippen LogP contribution in [0.4, 0.5) is 4.39 Å². The molecule has 0 saturated heterocycles. The van der Waals surface area contributed by atoms with Gasteiger partial charge in [-0.15, -0.1) is 0 Å². The molecule has 1 unspecified atom stereocenters. The summed E-state index contributed by atoms with van der Waals surface area (Å²) < 4.78 is 18.4. The highest BCUT2D eigenvalue weighted by atomic mass is 35.5. The van der Waals surface area contributed by atoms with Gasteiger partial charge in [0, 0.05) is 6.07 Å². The monoisotopic (exact) mass is 228 g/mol. The molecule has 1 aromatic heterocycles. The van der Waals surface area contributed by atoms with Crippen molar-refractivity contribution in [3.63, 3.8) is 0 Å². The average molecular weight is 229 g/mol. The van der Waals surface area contributed by atoms with Crippen molar-refractivity contribution in [2.75, 3.05) is 0 Å². The van der Waals surface area contributed by atoms with Gasteiger partial charge >= 0.3 is 0 Å². The molecule has 0 aliphatic heterocycles. The van der Waals surface area contributed by atoms with Crippen LogP contribution in [0.15, 0.2) is 16.5 Å². The fourth-order valence-electron chi connectivity index (χ4n) is 1.31. The molecule has 0 spiro atoms. The lowest BCUT2D eigenvalue weighted by Crippen LogP contribution is -2.08. The summed E-state index contributed by atoms with van der Waals surface area (Å²) in [4.78, 5) is 4.09. The summed E-state index contributed by atoms with van der Waals surface area (Å²) in [7, 11) is 0. The standard InChI is InChI=1S/C10H10ClFN2O/c1-2-7(13)10-14-8-4-5(12)3-6(11)9(8)15-10/h3-4,7H,2,13H2,1H3. The summed E-state index contributed by atoms with van der Waals surface area (Å²) >= 11 is 5.81. The first-order valence-corrected chi connectivity index (χ1v) is 5.00. The van der Waals surface area contributed by atoms with E-state index in [-0.39, 0.29) is 11.1 Å². The van der Waals surface area contributed by atoms with Gasteiger partial charge in [-0.25, -0.2) is 9.37 Å². The predicted molar refractivity (Wildman–Crippen MR) is 56.2 cm³/mol. The van der Waals surface area contributed by atoms with Crippen molar-refractivity contribution in [1.82, 2.24) is 4.98 Å². The lowest BCUT2D eigenvalue weighted by molar-refractivity contribution is 0.469. The van der Waals surface area contributed by atoms with Crippen LogP contribution in [0.3, 0.4) is 0 Å². The molecular weight excluding hydrogens is 219 g/mol. The summed E-state index contributed by atoms with van der Waals surface area (Å²) in [5.74, 6) is -0.0441. The lowest BCUT2D eigenvalue weighted by atomic mass is 10.2. The topological polar surface area (TPSA) is 52.0 Å². The maximum absolute atomic E-state index is 13.0. The number of rotatable bonds is 2. The number of aromatic nitrogens is 1. The zero-order valence-corrected chi connectivity index (χ0v) is 8.88. The Labute approximate surface area is 91.0 Å². The van der Waals surface area contributed by atoms with Crippen LogP contribution < -0.4 is 5.73 Å². The van der Waals surface area contributed by atoms with Gasteiger partial charge in [-0.3, -0.25) is 0 Å². The van der Waals surface area contributed by atoms with E-state index in [1.54, 1.807) is 0 Å². The van der Waals surface area contributed by atoms with Crippen LogP contribution in [0, 0.1) is 5.82 Å². The summed E-state index contributed by atoms with van der Waals surface area (Å²) in [5, 5.41) is 0.215. The Morgan fingerprint density at radius 3 is 3.00 bits per heavy atom. The summed E-state index contributed by atoms with van der Waals surface area (Å²) in [5.41, 5.74) is 6.54. The predicted octanol–water partition coefficient (Wildman–Crippen LogP) is 3.03. The maximum atomic E-state index is 13.0. The van der Waals surface area contributed by atoms with Gasteiger partial charge in [0.2, 0.25) is 5.89 Å². The van der Waals surface area contributed by atoms with E-state index in [1.807, 2.05) is 6.92 Å². The first kappa shape index (κ1) is 10.4. The minimum atomic E-state index is -0.433. The smallest absolute Gasteiger partial charge is 0.212 e. The third-order valence-corrected chi connectivity index (χ3v) is 2.46. The second-order valence-electron chi connectivity index (χ2n) is 3.30. The van der Waals surface area contributed by atoms with Gasteiger partial charge in [0.15, 0.2) is 5.58 Å². The molecule has 0 aliphatic rings. The number of nitrogens with zero attached hydrogens (tertiary/aromatic N) is 1. The molecule has 0 aliphatic carbocycles. The number of fused-ring (bicyclic) bond motifs is 1. The molecule has 1 aromatic carbocycles. The van der Waals surface area contributed by atoms with Crippen molar-refractivity contribution in [1.29, 1.82) is 0 Å². The molecule has 0 fully saturated rings. The van der Waals surface area contributed by atoms with E-state index in [2.05, 4.69) is 4.98 Å². The van der Waals surface area contributed by atoms with Crippen molar-refractivity contribution >= 4 is 22.7 Å². The fourth-order valence-corrected chi connectivity index (χ4v) is 1.55. The van der Waals surface area contributed by atoms with Crippen molar-refractivity contribution < 1.29 is 8.81 Å². The average Bonchev–Trinajstić information content (AvgIpc) is 2.60. The minimum absolute atomic E-state index is 0.215. The van der Waals surface area contributed by atoms with E-state index in [9.17, 15) is 4.39 Å². The molecule has 2 aromatic rings. The number of oxazole rings is 1. The van der Waals surface area contributed by atoms with Crippen molar-refractivity contribution in [3.05, 3.63) is 28.9 Å². The van der Waals surface area contributed by atoms with Crippen molar-refractivity contribution in [2.24, 2.45) is 5.73 Å². The molecule has 5 heteroatoms. The van der Waals surface area contributed by atoms with E-state index in [4.69, 9.17) is 21.8 Å². The van der Waals surface area contributed by atoms with E-state index in [0.29, 0.717) is 23.4 Å². The van der Waals surface area contributed by atoms with E-state index in [1.165, 1.54) is 12.1 Å². The van der Waals surface area contributed by atoms with E-state index >= 15 is 0 Å². The fraction of sp³-hybridized carbons (Fsp3) is 0.300. The Bertz CT molecular complexity index is 497. The van der Waals surface area contributed by atoms with Crippen molar-refractivity contribution in [2.45, 2.75) is 19.4 Å². The lowest BCUT2D eigenvalue weighted by Gasteiger charge is -2.00. The Hall–Kier alpha value is -1.13. The first-order valence-electron chi connectivity index (χ1n) is 4.63. The molecule has 1 atom stereocenters. The second-order valence-corrected chi connectivity index (χ2v) is 3.71. The highest BCUT2D eigenvalue weighted by Gasteiger charge is 2.14. The summed E-state index contributed by atoms with van der Waals surface area (Å²) in [6.07, 6.45) is 0.701. The van der Waals surface area contributed by atoms with Gasteiger partial charge in [0.25, 0.3) is 0 Å². The van der Waals surface area contributed by atoms with Crippen LogP contribution in [0.1, 0.15) is 25.3 Å². The number of benzene rings is 1. The summed E-state index contributed by atoms with van der Waals surface area (Å²) in [6, 6.07) is 2.18. The molecule has 15 heavy (non-hydrogen) atoms. The quantitative estimate of drug-likeness (QED) is 0.860. The zero-order valence-electron chi connectivity index (χ0n) is 8.13. The molecule has 2 N–H and O–H groups in total. The number of halogens is 2. The van der Waals surface area contributed by atoms with Gasteiger partial charge in [-0.05, 0) is 12.5 Å². The van der Waals surface area contributed by atoms with Crippen LogP contribution in [-0.4, -0.2) is 4.98 Å². The highest BCUT2D eigenvalue weighted by molar-refractivity contribution is 6.34. The molecule has 2 rings (SSSR count). The molecule has 0 radical (unpaired) electrons. The molecule has 0 bridgehead atoms. The van der Waals surface area contributed by atoms with Crippen LogP contribution in [-0.2, 0) is 0 Å². The van der Waals surface area contributed by atoms with Crippen LogP contribution in [0.25, 0.3) is 11.1 Å². The maximum Gasteiger partial charge on any atom is 0.212 e. The van der Waals surface area contributed by atoms with E-state index < -0.39 is 5.82 Å². The SMILES string of the molecule is CCC(N)c1nc2cc(F)cc(Cl)c2o1. The molecule has 3 nitrogen and oxygen atoms in total. The third-order valence-electron chi connectivity index (χ3n) is 2.18. The van der Waals surface area contributed by atoms with Gasteiger partial charge in [0.05, 0.1) is 11.1 Å². The molecular formula is C10H10ClFN2O. The number of hydrogen-bond acceptors (Lipinski definition) is 3. The minimum Gasteiger partial charge on any atom is -0.437 e. The Balaban J connectivity index is 2.60.